The second kappa shape index (κ2) is 6.53. The Bertz CT molecular complexity index is 392. The number of nitrogens with zero attached hydrogens (tertiary/aromatic N) is 2. The van der Waals surface area contributed by atoms with Crippen LogP contribution >= 0.6 is 11.6 Å². The zero-order chi connectivity index (χ0) is 13.8. The van der Waals surface area contributed by atoms with E-state index in [1.54, 1.807) is 4.68 Å². The van der Waals surface area contributed by atoms with Gasteiger partial charge < -0.3 is 5.73 Å². The normalized spacial score (nSPS) is 14.8. The molecule has 0 bridgehead atoms. The van der Waals surface area contributed by atoms with Gasteiger partial charge in [-0.05, 0) is 19.8 Å². The molecule has 0 aliphatic carbocycles. The zero-order valence-corrected chi connectivity index (χ0v) is 12.2. The van der Waals surface area contributed by atoms with Gasteiger partial charge in [0, 0.05) is 19.5 Å². The Labute approximate surface area is 113 Å². The van der Waals surface area contributed by atoms with Crippen LogP contribution in [0.2, 0.25) is 5.02 Å². The van der Waals surface area contributed by atoms with E-state index in [0.717, 1.165) is 24.2 Å². The first-order valence-electron chi connectivity index (χ1n) is 6.64. The Morgan fingerprint density at radius 2 is 2.06 bits per heavy atom. The highest BCUT2D eigenvalue weighted by molar-refractivity contribution is 6.31. The van der Waals surface area contributed by atoms with Crippen LogP contribution in [-0.2, 0) is 19.4 Å². The van der Waals surface area contributed by atoms with Crippen LogP contribution in [0.25, 0.3) is 0 Å². The van der Waals surface area contributed by atoms with Gasteiger partial charge >= 0.3 is 0 Å². The van der Waals surface area contributed by atoms with Gasteiger partial charge in [0.1, 0.15) is 5.67 Å². The van der Waals surface area contributed by atoms with Gasteiger partial charge in [-0.25, -0.2) is 4.39 Å². The molecule has 2 N–H and O–H groups in total. The van der Waals surface area contributed by atoms with E-state index in [1.165, 1.54) is 0 Å². The summed E-state index contributed by atoms with van der Waals surface area (Å²) in [6.07, 6.45) is 2.23. The van der Waals surface area contributed by atoms with Crippen molar-refractivity contribution in [1.82, 2.24) is 9.78 Å². The third-order valence-electron chi connectivity index (χ3n) is 3.24. The molecule has 1 aromatic rings. The summed E-state index contributed by atoms with van der Waals surface area (Å²) in [5.41, 5.74) is 5.81. The molecule has 1 rings (SSSR count). The summed E-state index contributed by atoms with van der Waals surface area (Å²) in [4.78, 5) is 0. The Kier molecular flexibility index (Phi) is 5.60. The minimum Gasteiger partial charge on any atom is -0.328 e. The van der Waals surface area contributed by atoms with E-state index < -0.39 is 5.67 Å². The van der Waals surface area contributed by atoms with E-state index in [1.807, 2.05) is 20.8 Å². The number of nitrogens with two attached hydrogens (primary N) is 1. The molecule has 5 heteroatoms. The van der Waals surface area contributed by atoms with Gasteiger partial charge in [-0.15, -0.1) is 0 Å². The molecule has 0 aliphatic heterocycles. The Hall–Kier alpha value is -0.610. The summed E-state index contributed by atoms with van der Waals surface area (Å²) < 4.78 is 16.4. The lowest BCUT2D eigenvalue weighted by molar-refractivity contribution is 0.155. The molecular weight excluding hydrogens is 253 g/mol. The first-order valence-corrected chi connectivity index (χ1v) is 7.02. The van der Waals surface area contributed by atoms with Crippen LogP contribution in [0.5, 0.6) is 0 Å². The quantitative estimate of drug-likeness (QED) is 0.831. The summed E-state index contributed by atoms with van der Waals surface area (Å²) >= 11 is 6.28. The second-order valence-corrected chi connectivity index (χ2v) is 5.04. The molecule has 1 atom stereocenters. The number of aryl methyl sites for hydroxylation is 2. The molecule has 1 heterocycles. The molecule has 18 heavy (non-hydrogen) atoms. The van der Waals surface area contributed by atoms with Crippen LogP contribution in [0.3, 0.4) is 0 Å². The molecule has 1 unspecified atom stereocenters. The molecule has 104 valence electrons. The third-order valence-corrected chi connectivity index (χ3v) is 3.68. The number of alkyl halides is 1. The van der Waals surface area contributed by atoms with Gasteiger partial charge in [0.15, 0.2) is 0 Å². The molecule has 1 aromatic heterocycles. The molecule has 0 amide bonds. The van der Waals surface area contributed by atoms with Crippen molar-refractivity contribution in [3.8, 4) is 0 Å². The molecule has 0 aliphatic rings. The lowest BCUT2D eigenvalue weighted by atomic mass is 9.94. The third kappa shape index (κ3) is 3.23. The molecule has 0 aromatic carbocycles. The van der Waals surface area contributed by atoms with Crippen molar-refractivity contribution >= 4 is 11.6 Å². The molecule has 0 spiro atoms. The summed E-state index contributed by atoms with van der Waals surface area (Å²) in [5.74, 6) is 0. The topological polar surface area (TPSA) is 43.8 Å². The second-order valence-electron chi connectivity index (χ2n) is 4.66. The van der Waals surface area contributed by atoms with E-state index >= 15 is 0 Å². The van der Waals surface area contributed by atoms with Crippen LogP contribution in [-0.4, -0.2) is 22.0 Å². The first kappa shape index (κ1) is 15.4. The SMILES string of the molecule is CCCC(F)(CN)Cc1c(Cl)c(CC)nn1CC. The first-order chi connectivity index (χ1) is 8.51. The molecule has 0 radical (unpaired) electrons. The number of hydrogen-bond acceptors (Lipinski definition) is 2. The predicted octanol–water partition coefficient (Wildman–Crippen LogP) is 3.13. The summed E-state index contributed by atoms with van der Waals surface area (Å²) in [6, 6.07) is 0. The Morgan fingerprint density at radius 3 is 2.50 bits per heavy atom. The van der Waals surface area contributed by atoms with Crippen molar-refractivity contribution in [1.29, 1.82) is 0 Å². The van der Waals surface area contributed by atoms with Crippen LogP contribution in [0.1, 0.15) is 45.0 Å². The van der Waals surface area contributed by atoms with Crippen LogP contribution in [0.4, 0.5) is 4.39 Å². The monoisotopic (exact) mass is 275 g/mol. The van der Waals surface area contributed by atoms with E-state index in [9.17, 15) is 4.39 Å². The van der Waals surface area contributed by atoms with Crippen molar-refractivity contribution in [3.05, 3.63) is 16.4 Å². The maximum Gasteiger partial charge on any atom is 0.128 e. The highest BCUT2D eigenvalue weighted by Gasteiger charge is 2.30. The Balaban J connectivity index is 3.05. The molecular formula is C13H23ClFN3. The fraction of sp³-hybridized carbons (Fsp3) is 0.769. The van der Waals surface area contributed by atoms with E-state index in [-0.39, 0.29) is 13.0 Å². The molecule has 0 fully saturated rings. The average molecular weight is 276 g/mol. The smallest absolute Gasteiger partial charge is 0.128 e. The number of halogens is 2. The number of aromatic nitrogens is 2. The standard InChI is InChI=1S/C13H23ClFN3/c1-4-7-13(15,9-16)8-11-12(14)10(5-2)17-18(11)6-3/h4-9,16H2,1-3H3. The molecule has 0 saturated carbocycles. The largest absolute Gasteiger partial charge is 0.328 e. The van der Waals surface area contributed by atoms with Crippen molar-refractivity contribution in [3.63, 3.8) is 0 Å². The van der Waals surface area contributed by atoms with E-state index in [0.29, 0.717) is 18.0 Å². The molecule has 3 nitrogen and oxygen atoms in total. The summed E-state index contributed by atoms with van der Waals surface area (Å²) in [5, 5.41) is 5.01. The highest BCUT2D eigenvalue weighted by atomic mass is 35.5. The van der Waals surface area contributed by atoms with E-state index in [2.05, 4.69) is 5.10 Å². The van der Waals surface area contributed by atoms with Crippen LogP contribution in [0, 0.1) is 0 Å². The fourth-order valence-corrected chi connectivity index (χ4v) is 2.53. The lowest BCUT2D eigenvalue weighted by Gasteiger charge is -2.23. The highest BCUT2D eigenvalue weighted by Crippen LogP contribution is 2.29. The van der Waals surface area contributed by atoms with Crippen molar-refractivity contribution in [2.24, 2.45) is 5.73 Å². The maximum atomic E-state index is 14.6. The fourth-order valence-electron chi connectivity index (χ4n) is 2.20. The van der Waals surface area contributed by atoms with Crippen LogP contribution in [0.15, 0.2) is 0 Å². The van der Waals surface area contributed by atoms with Crippen LogP contribution < -0.4 is 5.73 Å². The minimum atomic E-state index is -1.38. The van der Waals surface area contributed by atoms with Crippen molar-refractivity contribution in [2.45, 2.75) is 58.7 Å². The number of rotatable bonds is 7. The van der Waals surface area contributed by atoms with Gasteiger partial charge in [-0.1, -0.05) is 31.9 Å². The predicted molar refractivity (Wildman–Crippen MR) is 73.8 cm³/mol. The summed E-state index contributed by atoms with van der Waals surface area (Å²) in [7, 11) is 0. The van der Waals surface area contributed by atoms with Crippen molar-refractivity contribution in [2.75, 3.05) is 6.54 Å². The lowest BCUT2D eigenvalue weighted by Crippen LogP contribution is -2.36. The molecule has 0 saturated heterocycles. The van der Waals surface area contributed by atoms with E-state index in [4.69, 9.17) is 17.3 Å². The van der Waals surface area contributed by atoms with Gasteiger partial charge in [0.25, 0.3) is 0 Å². The van der Waals surface area contributed by atoms with Gasteiger partial charge in [-0.3, -0.25) is 4.68 Å². The minimum absolute atomic E-state index is 0.0214. The average Bonchev–Trinajstić information content (AvgIpc) is 2.66. The number of hydrogen-bond donors (Lipinski definition) is 1. The summed E-state index contributed by atoms with van der Waals surface area (Å²) in [6.45, 7) is 6.65. The van der Waals surface area contributed by atoms with Gasteiger partial charge in [0.2, 0.25) is 0 Å². The zero-order valence-electron chi connectivity index (χ0n) is 11.5. The Morgan fingerprint density at radius 1 is 1.39 bits per heavy atom. The maximum absolute atomic E-state index is 14.6. The van der Waals surface area contributed by atoms with Crippen molar-refractivity contribution < 1.29 is 4.39 Å². The van der Waals surface area contributed by atoms with Gasteiger partial charge in [-0.2, -0.15) is 5.10 Å². The van der Waals surface area contributed by atoms with Gasteiger partial charge in [0.05, 0.1) is 16.4 Å².